The molecule has 9 nitrogen and oxygen atoms in total. The predicted octanol–water partition coefficient (Wildman–Crippen LogP) is 3.73. The molecule has 0 spiro atoms. The van der Waals surface area contributed by atoms with Crippen LogP contribution < -0.4 is 29.3 Å². The summed E-state index contributed by atoms with van der Waals surface area (Å²) >= 11 is 1.13. The number of benzene rings is 3. The number of carbonyl (C=O) groups is 2. The molecule has 0 saturated heterocycles. The fraction of sp³-hybridized carbons (Fsp3) is 0.212. The summed E-state index contributed by atoms with van der Waals surface area (Å²) in [5, 5.41) is 0. The van der Waals surface area contributed by atoms with E-state index in [9.17, 15) is 14.4 Å². The van der Waals surface area contributed by atoms with Crippen LogP contribution in [0.4, 0.5) is 5.69 Å². The molecule has 1 amide bonds. The zero-order valence-corrected chi connectivity index (χ0v) is 24.9. The summed E-state index contributed by atoms with van der Waals surface area (Å²) in [5.74, 6) is 0.131. The highest BCUT2D eigenvalue weighted by atomic mass is 32.1. The first kappa shape index (κ1) is 28.2. The number of rotatable bonds is 7. The van der Waals surface area contributed by atoms with Crippen molar-refractivity contribution in [2.75, 3.05) is 25.7 Å². The highest BCUT2D eigenvalue weighted by molar-refractivity contribution is 7.07. The van der Waals surface area contributed by atoms with Crippen molar-refractivity contribution in [3.8, 4) is 11.5 Å². The topological polar surface area (TPSA) is 99.4 Å². The van der Waals surface area contributed by atoms with Gasteiger partial charge in [-0.2, -0.15) is 0 Å². The minimum absolute atomic E-state index is 0.152. The van der Waals surface area contributed by atoms with Gasteiger partial charge >= 0.3 is 5.97 Å². The third-order valence-electron chi connectivity index (χ3n) is 7.56. The number of thiazole rings is 1. The molecule has 6 rings (SSSR count). The van der Waals surface area contributed by atoms with Gasteiger partial charge in [-0.25, -0.2) is 9.79 Å². The molecular weight excluding hydrogens is 566 g/mol. The van der Waals surface area contributed by atoms with E-state index in [1.54, 1.807) is 44.1 Å². The van der Waals surface area contributed by atoms with Gasteiger partial charge in [0.05, 0.1) is 49.9 Å². The smallest absolute Gasteiger partial charge is 0.338 e. The second-order valence-corrected chi connectivity index (χ2v) is 11.0. The molecule has 0 unspecified atom stereocenters. The summed E-state index contributed by atoms with van der Waals surface area (Å²) in [7, 11) is 3.06. The Morgan fingerprint density at radius 1 is 0.977 bits per heavy atom. The van der Waals surface area contributed by atoms with Crippen LogP contribution in [-0.4, -0.2) is 37.3 Å². The molecule has 2 aliphatic heterocycles. The molecule has 218 valence electrons. The SMILES string of the molecule is CCOC(=O)C1=C(C)N=c2s/c(=C3\C(=O)N(Cc4ccccc4)c4ccccc43)c(=O)n2[C@H]1c1ccc(OC)cc1OC. The van der Waals surface area contributed by atoms with Gasteiger partial charge in [-0.05, 0) is 37.6 Å². The maximum Gasteiger partial charge on any atom is 0.338 e. The Balaban J connectivity index is 1.60. The number of anilines is 1. The quantitative estimate of drug-likeness (QED) is 0.302. The Morgan fingerprint density at radius 2 is 1.72 bits per heavy atom. The Labute approximate surface area is 251 Å². The molecular formula is C33H29N3O6S. The van der Waals surface area contributed by atoms with Crippen molar-refractivity contribution in [1.82, 2.24) is 4.57 Å². The third-order valence-corrected chi connectivity index (χ3v) is 8.62. The number of hydrogen-bond donors (Lipinski definition) is 0. The number of esters is 1. The average molecular weight is 596 g/mol. The Morgan fingerprint density at radius 3 is 2.44 bits per heavy atom. The number of para-hydroxylation sites is 1. The molecule has 3 aromatic carbocycles. The zero-order chi connectivity index (χ0) is 30.2. The molecule has 2 aliphatic rings. The number of hydrogen-bond acceptors (Lipinski definition) is 8. The number of methoxy groups -OCH3 is 2. The van der Waals surface area contributed by atoms with E-state index < -0.39 is 17.6 Å². The van der Waals surface area contributed by atoms with Crippen LogP contribution in [-0.2, 0) is 20.9 Å². The van der Waals surface area contributed by atoms with E-state index in [0.29, 0.717) is 45.2 Å². The van der Waals surface area contributed by atoms with E-state index >= 15 is 0 Å². The van der Waals surface area contributed by atoms with E-state index in [1.165, 1.54) is 11.7 Å². The van der Waals surface area contributed by atoms with Crippen LogP contribution in [0, 0.1) is 0 Å². The normalized spacial score (nSPS) is 16.9. The van der Waals surface area contributed by atoms with Crippen molar-refractivity contribution >= 4 is 34.5 Å². The first-order chi connectivity index (χ1) is 20.9. The van der Waals surface area contributed by atoms with Gasteiger partial charge in [-0.15, -0.1) is 0 Å². The molecule has 0 aliphatic carbocycles. The van der Waals surface area contributed by atoms with Crippen LogP contribution in [0.3, 0.4) is 0 Å². The first-order valence-corrected chi connectivity index (χ1v) is 14.6. The van der Waals surface area contributed by atoms with E-state index in [4.69, 9.17) is 14.2 Å². The third kappa shape index (κ3) is 4.73. The lowest BCUT2D eigenvalue weighted by Gasteiger charge is -2.26. The number of ether oxygens (including phenoxy) is 3. The molecule has 0 N–H and O–H groups in total. The summed E-state index contributed by atoms with van der Waals surface area (Å²) < 4.78 is 18.2. The van der Waals surface area contributed by atoms with Crippen molar-refractivity contribution in [3.63, 3.8) is 0 Å². The van der Waals surface area contributed by atoms with Crippen LogP contribution in [0.15, 0.2) is 93.9 Å². The standard InChI is InChI=1S/C33H29N3O6S/c1-5-42-32(39)26-19(2)34-33-36(28(26)23-16-15-21(40-3)17-25(23)41-4)31(38)29(43-33)27-22-13-9-10-14-24(22)35(30(27)37)18-20-11-7-6-8-12-20/h6-17,28H,5,18H2,1-4H3/b29-27-/t28-/m0/s1. The summed E-state index contributed by atoms with van der Waals surface area (Å²) in [6.45, 7) is 3.95. The summed E-state index contributed by atoms with van der Waals surface area (Å²) in [4.78, 5) is 48.6. The van der Waals surface area contributed by atoms with Crippen molar-refractivity contribution in [1.29, 1.82) is 0 Å². The number of carbonyl (C=O) groups excluding carboxylic acids is 2. The van der Waals surface area contributed by atoms with Gasteiger partial charge in [0.2, 0.25) is 0 Å². The number of allylic oxidation sites excluding steroid dienone is 1. The van der Waals surface area contributed by atoms with Crippen molar-refractivity contribution in [3.05, 3.63) is 120 Å². The van der Waals surface area contributed by atoms with Gasteiger partial charge in [0.1, 0.15) is 22.1 Å². The van der Waals surface area contributed by atoms with Crippen molar-refractivity contribution < 1.29 is 23.8 Å². The van der Waals surface area contributed by atoms with Gasteiger partial charge in [0.25, 0.3) is 11.5 Å². The molecule has 10 heteroatoms. The fourth-order valence-electron chi connectivity index (χ4n) is 5.60. The van der Waals surface area contributed by atoms with E-state index in [2.05, 4.69) is 4.99 Å². The van der Waals surface area contributed by atoms with Gasteiger partial charge in [0, 0.05) is 17.2 Å². The highest BCUT2D eigenvalue weighted by Crippen LogP contribution is 2.39. The zero-order valence-electron chi connectivity index (χ0n) is 24.1. The molecule has 1 aromatic heterocycles. The number of aromatic nitrogens is 1. The molecule has 0 radical (unpaired) electrons. The summed E-state index contributed by atoms with van der Waals surface area (Å²) in [6.07, 6.45) is 0. The molecule has 0 bridgehead atoms. The van der Waals surface area contributed by atoms with Crippen LogP contribution in [0.5, 0.6) is 11.5 Å². The van der Waals surface area contributed by atoms with Crippen LogP contribution in [0.25, 0.3) is 5.57 Å². The number of fused-ring (bicyclic) bond motifs is 2. The Hall–Kier alpha value is -4.96. The molecule has 1 atom stereocenters. The van der Waals surface area contributed by atoms with E-state index in [-0.39, 0.29) is 22.6 Å². The summed E-state index contributed by atoms with van der Waals surface area (Å²) in [5.41, 5.74) is 3.45. The van der Waals surface area contributed by atoms with Crippen LogP contribution >= 0.6 is 11.3 Å². The maximum atomic E-state index is 14.4. The molecule has 3 heterocycles. The first-order valence-electron chi connectivity index (χ1n) is 13.8. The Kier molecular flexibility index (Phi) is 7.45. The van der Waals surface area contributed by atoms with Crippen molar-refractivity contribution in [2.45, 2.75) is 26.4 Å². The fourth-order valence-corrected chi connectivity index (χ4v) is 6.74. The maximum absolute atomic E-state index is 14.4. The monoisotopic (exact) mass is 595 g/mol. The van der Waals surface area contributed by atoms with Gasteiger partial charge in [-0.1, -0.05) is 59.9 Å². The lowest BCUT2D eigenvalue weighted by Crippen LogP contribution is -2.41. The molecule has 43 heavy (non-hydrogen) atoms. The van der Waals surface area contributed by atoms with E-state index in [0.717, 1.165) is 22.6 Å². The Bertz CT molecular complexity index is 1980. The van der Waals surface area contributed by atoms with Gasteiger partial charge in [0.15, 0.2) is 4.80 Å². The number of nitrogens with zero attached hydrogens (tertiary/aromatic N) is 3. The van der Waals surface area contributed by atoms with E-state index in [1.807, 2.05) is 54.6 Å². The van der Waals surface area contributed by atoms with Gasteiger partial charge < -0.3 is 19.1 Å². The minimum Gasteiger partial charge on any atom is -0.497 e. The average Bonchev–Trinajstić information content (AvgIpc) is 3.48. The molecule has 4 aromatic rings. The lowest BCUT2D eigenvalue weighted by atomic mass is 9.95. The lowest BCUT2D eigenvalue weighted by molar-refractivity contribution is -0.139. The highest BCUT2D eigenvalue weighted by Gasteiger charge is 2.38. The predicted molar refractivity (Wildman–Crippen MR) is 163 cm³/mol. The van der Waals surface area contributed by atoms with Crippen LogP contribution in [0.1, 0.15) is 36.6 Å². The molecule has 0 saturated carbocycles. The minimum atomic E-state index is -0.905. The van der Waals surface area contributed by atoms with Gasteiger partial charge in [-0.3, -0.25) is 14.2 Å². The number of amides is 1. The molecule has 0 fully saturated rings. The second kappa shape index (κ2) is 11.4. The van der Waals surface area contributed by atoms with Crippen molar-refractivity contribution in [2.24, 2.45) is 4.99 Å². The van der Waals surface area contributed by atoms with Crippen LogP contribution in [0.2, 0.25) is 0 Å². The largest absolute Gasteiger partial charge is 0.497 e. The second-order valence-electron chi connectivity index (χ2n) is 10.00. The summed E-state index contributed by atoms with van der Waals surface area (Å²) in [6, 6.07) is 21.5.